The van der Waals surface area contributed by atoms with Gasteiger partial charge in [-0.2, -0.15) is 0 Å². The van der Waals surface area contributed by atoms with E-state index >= 15 is 0 Å². The number of benzene rings is 1. The van der Waals surface area contributed by atoms with Crippen LogP contribution in [0.5, 0.6) is 5.75 Å². The molecule has 0 saturated carbocycles. The number of aromatic nitrogens is 2. The number of ether oxygens (including phenoxy) is 1. The lowest BCUT2D eigenvalue weighted by atomic mass is 10.1. The smallest absolute Gasteiger partial charge is 0.276 e. The molecule has 0 atom stereocenters. The summed E-state index contributed by atoms with van der Waals surface area (Å²) in [6.07, 6.45) is 0. The molecular formula is C16H20N4O2. The van der Waals surface area contributed by atoms with Gasteiger partial charge < -0.3 is 15.4 Å². The largest absolute Gasteiger partial charge is 0.497 e. The van der Waals surface area contributed by atoms with E-state index in [0.29, 0.717) is 17.3 Å². The number of carbonyl (C=O) groups excluding carboxylic acids is 1. The van der Waals surface area contributed by atoms with Crippen LogP contribution in [0.15, 0.2) is 36.4 Å². The predicted octanol–water partition coefficient (Wildman–Crippen LogP) is 2.95. The minimum Gasteiger partial charge on any atom is -0.497 e. The van der Waals surface area contributed by atoms with Gasteiger partial charge >= 0.3 is 0 Å². The average Bonchev–Trinajstić information content (AvgIpc) is 2.46. The molecule has 6 heteroatoms. The van der Waals surface area contributed by atoms with Gasteiger partial charge in [-0.3, -0.25) is 4.79 Å². The van der Waals surface area contributed by atoms with E-state index in [4.69, 9.17) is 4.74 Å². The topological polar surface area (TPSA) is 76.1 Å². The van der Waals surface area contributed by atoms with Crippen molar-refractivity contribution < 1.29 is 9.53 Å². The maximum absolute atomic E-state index is 12.1. The lowest BCUT2D eigenvalue weighted by Gasteiger charge is -2.20. The third-order valence-corrected chi connectivity index (χ3v) is 2.73. The number of hydrogen-bond donors (Lipinski definition) is 2. The zero-order valence-electron chi connectivity index (χ0n) is 13.2. The van der Waals surface area contributed by atoms with E-state index < -0.39 is 0 Å². The summed E-state index contributed by atoms with van der Waals surface area (Å²) in [6, 6.07) is 10.5. The van der Waals surface area contributed by atoms with Crippen LogP contribution in [0.3, 0.4) is 0 Å². The van der Waals surface area contributed by atoms with Crippen LogP contribution in [0.25, 0.3) is 0 Å². The fourth-order valence-electron chi connectivity index (χ4n) is 1.80. The molecule has 0 aliphatic carbocycles. The minimum atomic E-state index is -0.317. The SMILES string of the molecule is COc1cccc(NC(=O)c2ccc(NC(C)(C)C)nn2)c1. The van der Waals surface area contributed by atoms with E-state index in [1.807, 2.05) is 26.8 Å². The van der Waals surface area contributed by atoms with Crippen molar-refractivity contribution in [1.29, 1.82) is 0 Å². The molecule has 0 spiro atoms. The maximum Gasteiger partial charge on any atom is 0.276 e. The number of hydrogen-bond acceptors (Lipinski definition) is 5. The van der Waals surface area contributed by atoms with E-state index in [0.717, 1.165) is 0 Å². The quantitative estimate of drug-likeness (QED) is 0.908. The Morgan fingerprint density at radius 3 is 2.50 bits per heavy atom. The van der Waals surface area contributed by atoms with Gasteiger partial charge in [0, 0.05) is 17.3 Å². The van der Waals surface area contributed by atoms with Gasteiger partial charge in [-0.1, -0.05) is 6.07 Å². The Morgan fingerprint density at radius 1 is 1.14 bits per heavy atom. The zero-order valence-corrected chi connectivity index (χ0v) is 13.2. The predicted molar refractivity (Wildman–Crippen MR) is 86.4 cm³/mol. The Bertz CT molecular complexity index is 648. The Kier molecular flexibility index (Phi) is 4.60. The van der Waals surface area contributed by atoms with Crippen LogP contribution < -0.4 is 15.4 Å². The molecule has 1 heterocycles. The molecule has 0 fully saturated rings. The average molecular weight is 300 g/mol. The van der Waals surface area contributed by atoms with Crippen LogP contribution in [-0.2, 0) is 0 Å². The summed E-state index contributed by atoms with van der Waals surface area (Å²) in [5.74, 6) is 0.988. The number of methoxy groups -OCH3 is 1. The summed E-state index contributed by atoms with van der Waals surface area (Å²) in [7, 11) is 1.58. The van der Waals surface area contributed by atoms with Gasteiger partial charge in [-0.05, 0) is 45.0 Å². The van der Waals surface area contributed by atoms with Crippen LogP contribution in [0, 0.1) is 0 Å². The Hall–Kier alpha value is -2.63. The zero-order chi connectivity index (χ0) is 16.2. The molecule has 2 rings (SSSR count). The van der Waals surface area contributed by atoms with Gasteiger partial charge in [0.05, 0.1) is 7.11 Å². The first-order chi connectivity index (χ1) is 10.4. The molecule has 0 aliphatic heterocycles. The van der Waals surface area contributed by atoms with Crippen LogP contribution >= 0.6 is 0 Å². The number of amides is 1. The normalized spacial score (nSPS) is 10.9. The number of anilines is 2. The van der Waals surface area contributed by atoms with E-state index in [1.54, 1.807) is 37.4 Å². The highest BCUT2D eigenvalue weighted by atomic mass is 16.5. The van der Waals surface area contributed by atoms with E-state index in [2.05, 4.69) is 20.8 Å². The molecule has 0 bridgehead atoms. The second-order valence-corrected chi connectivity index (χ2v) is 5.86. The number of carbonyl (C=O) groups is 1. The van der Waals surface area contributed by atoms with Gasteiger partial charge in [0.15, 0.2) is 5.69 Å². The van der Waals surface area contributed by atoms with Crippen molar-refractivity contribution in [2.24, 2.45) is 0 Å². The third kappa shape index (κ3) is 4.44. The van der Waals surface area contributed by atoms with Crippen molar-refractivity contribution in [2.75, 3.05) is 17.7 Å². The highest BCUT2D eigenvalue weighted by Crippen LogP contribution is 2.17. The fraction of sp³-hybridized carbons (Fsp3) is 0.312. The fourth-order valence-corrected chi connectivity index (χ4v) is 1.80. The summed E-state index contributed by atoms with van der Waals surface area (Å²) in [6.45, 7) is 6.08. The summed E-state index contributed by atoms with van der Waals surface area (Å²) < 4.78 is 5.12. The molecule has 0 radical (unpaired) electrons. The first kappa shape index (κ1) is 15.8. The Morgan fingerprint density at radius 2 is 1.91 bits per heavy atom. The minimum absolute atomic E-state index is 0.112. The van der Waals surface area contributed by atoms with Gasteiger partial charge in [0.2, 0.25) is 0 Å². The van der Waals surface area contributed by atoms with Gasteiger partial charge in [-0.15, -0.1) is 10.2 Å². The standard InChI is InChI=1S/C16H20N4O2/c1-16(2,3)18-14-9-8-13(19-20-14)15(21)17-11-6-5-7-12(10-11)22-4/h5-10H,1-4H3,(H,17,21)(H,18,20). The van der Waals surface area contributed by atoms with Crippen molar-refractivity contribution in [3.63, 3.8) is 0 Å². The van der Waals surface area contributed by atoms with E-state index in [9.17, 15) is 4.79 Å². The van der Waals surface area contributed by atoms with E-state index in [-0.39, 0.29) is 17.1 Å². The van der Waals surface area contributed by atoms with Crippen LogP contribution in [0.1, 0.15) is 31.3 Å². The summed E-state index contributed by atoms with van der Waals surface area (Å²) in [5, 5.41) is 13.9. The Balaban J connectivity index is 2.06. The molecule has 2 N–H and O–H groups in total. The first-order valence-electron chi connectivity index (χ1n) is 6.95. The van der Waals surface area contributed by atoms with Crippen LogP contribution in [0.4, 0.5) is 11.5 Å². The molecule has 1 aromatic heterocycles. The molecule has 6 nitrogen and oxygen atoms in total. The number of nitrogens with one attached hydrogen (secondary N) is 2. The lowest BCUT2D eigenvalue weighted by Crippen LogP contribution is -2.27. The summed E-state index contributed by atoms with van der Waals surface area (Å²) in [4.78, 5) is 12.1. The van der Waals surface area contributed by atoms with Gasteiger partial charge in [-0.25, -0.2) is 0 Å². The van der Waals surface area contributed by atoms with Crippen molar-refractivity contribution in [3.05, 3.63) is 42.1 Å². The first-order valence-corrected chi connectivity index (χ1v) is 6.95. The van der Waals surface area contributed by atoms with Gasteiger partial charge in [0.1, 0.15) is 11.6 Å². The van der Waals surface area contributed by atoms with E-state index in [1.165, 1.54) is 0 Å². The van der Waals surface area contributed by atoms with Crippen LogP contribution in [-0.4, -0.2) is 28.8 Å². The van der Waals surface area contributed by atoms with Crippen molar-refractivity contribution >= 4 is 17.4 Å². The second kappa shape index (κ2) is 6.43. The molecule has 2 aromatic rings. The lowest BCUT2D eigenvalue weighted by molar-refractivity contribution is 0.102. The highest BCUT2D eigenvalue weighted by molar-refractivity contribution is 6.02. The van der Waals surface area contributed by atoms with Crippen molar-refractivity contribution in [3.8, 4) is 5.75 Å². The highest BCUT2D eigenvalue weighted by Gasteiger charge is 2.12. The second-order valence-electron chi connectivity index (χ2n) is 5.86. The summed E-state index contributed by atoms with van der Waals surface area (Å²) >= 11 is 0. The monoisotopic (exact) mass is 300 g/mol. The summed E-state index contributed by atoms with van der Waals surface area (Å²) in [5.41, 5.74) is 0.782. The molecule has 0 aliphatic rings. The van der Waals surface area contributed by atoms with Crippen molar-refractivity contribution in [1.82, 2.24) is 10.2 Å². The third-order valence-electron chi connectivity index (χ3n) is 2.73. The number of nitrogens with zero attached hydrogens (tertiary/aromatic N) is 2. The molecule has 22 heavy (non-hydrogen) atoms. The van der Waals surface area contributed by atoms with Crippen LogP contribution in [0.2, 0.25) is 0 Å². The molecule has 1 amide bonds. The molecule has 0 unspecified atom stereocenters. The molecule has 1 aromatic carbocycles. The maximum atomic E-state index is 12.1. The van der Waals surface area contributed by atoms with Gasteiger partial charge in [0.25, 0.3) is 5.91 Å². The Labute approximate surface area is 129 Å². The van der Waals surface area contributed by atoms with Crippen molar-refractivity contribution in [2.45, 2.75) is 26.3 Å². The molecule has 116 valence electrons. The number of rotatable bonds is 4. The molecular weight excluding hydrogens is 280 g/mol. The molecule has 0 saturated heterocycles.